The molecule has 2 aromatic rings. The number of amides is 1. The molecule has 1 heterocycles. The molecule has 0 aromatic heterocycles. The van der Waals surface area contributed by atoms with E-state index in [4.69, 9.17) is 16.3 Å². The first kappa shape index (κ1) is 24.3. The van der Waals surface area contributed by atoms with Crippen LogP contribution in [0.5, 0.6) is 5.75 Å². The maximum Gasteiger partial charge on any atom is 0.124 e. The molecule has 1 radical (unpaired) electrons. The summed E-state index contributed by atoms with van der Waals surface area (Å²) in [6, 6.07) is 13.6. The van der Waals surface area contributed by atoms with E-state index in [0.717, 1.165) is 41.0 Å². The number of likely N-dealkylation sites (tertiary alicyclic amines) is 1. The molecule has 0 saturated carbocycles. The monoisotopic (exact) mass is 516 g/mol. The first-order valence-corrected chi connectivity index (χ1v) is 10.3. The smallest absolute Gasteiger partial charge is 0.124 e. The normalized spacial score (nSPS) is 16.0. The van der Waals surface area contributed by atoms with Crippen LogP contribution in [0.4, 0.5) is 0 Å². The number of ether oxygens (including phenoxy) is 1. The van der Waals surface area contributed by atoms with Crippen LogP contribution in [-0.2, 0) is 36.5 Å². The Morgan fingerprint density at radius 1 is 1.21 bits per heavy atom. The van der Waals surface area contributed by atoms with E-state index in [2.05, 4.69) is 32.2 Å². The Hall–Kier alpha value is -1.02. The number of nitrogens with zero attached hydrogens (tertiary/aromatic N) is 1. The summed E-state index contributed by atoms with van der Waals surface area (Å²) < 4.78 is 7.06. The van der Waals surface area contributed by atoms with Crippen molar-refractivity contribution >= 4 is 33.9 Å². The van der Waals surface area contributed by atoms with Gasteiger partial charge in [0.2, 0.25) is 0 Å². The summed E-state index contributed by atoms with van der Waals surface area (Å²) >= 11 is 9.47. The van der Waals surface area contributed by atoms with Gasteiger partial charge in [-0.2, -0.15) is 6.41 Å². The Morgan fingerprint density at radius 3 is 2.55 bits per heavy atom. The topological polar surface area (TPSA) is 61.8 Å². The molecule has 0 spiro atoms. The maximum atomic E-state index is 10.5. The summed E-state index contributed by atoms with van der Waals surface area (Å²) in [5.41, 5.74) is 1.30. The summed E-state index contributed by atoms with van der Waals surface area (Å²) in [4.78, 5) is 12.7. The minimum atomic E-state index is -0.848. The van der Waals surface area contributed by atoms with Gasteiger partial charge in [0.05, 0.1) is 5.60 Å². The zero-order valence-electron chi connectivity index (χ0n) is 15.9. The van der Waals surface area contributed by atoms with Crippen LogP contribution in [0.2, 0.25) is 5.02 Å². The summed E-state index contributed by atoms with van der Waals surface area (Å²) in [5.74, 6) is 0.844. The standard InChI is InChI=1S/C21H23BrClN2O3.V/c22-18-3-6-20(28-13-16-1-4-19(23)5-2-16)17(11-18)12-25-9-7-21(27,8-10-25)14-24-15-26;/h1-6,11,27H,7-10,12-14H2,(H,24,26);/q-1;. The molecule has 155 valence electrons. The number of aliphatic hydroxyl groups is 1. The van der Waals surface area contributed by atoms with E-state index in [1.165, 1.54) is 0 Å². The molecule has 2 aromatic carbocycles. The molecule has 5 nitrogen and oxygen atoms in total. The van der Waals surface area contributed by atoms with Gasteiger partial charge in [-0.05, 0) is 48.7 Å². The molecule has 1 saturated heterocycles. The van der Waals surface area contributed by atoms with Crippen LogP contribution in [0.3, 0.4) is 0 Å². The molecular weight excluding hydrogens is 495 g/mol. The van der Waals surface area contributed by atoms with Gasteiger partial charge in [-0.1, -0.05) is 39.7 Å². The number of benzene rings is 2. The number of hydrogen-bond donors (Lipinski definition) is 2. The summed E-state index contributed by atoms with van der Waals surface area (Å²) in [5, 5.41) is 13.7. The Balaban J connectivity index is 0.00000300. The van der Waals surface area contributed by atoms with Crippen LogP contribution in [0.25, 0.3) is 0 Å². The van der Waals surface area contributed by atoms with Gasteiger partial charge >= 0.3 is 0 Å². The Kier molecular flexibility index (Phi) is 9.53. The van der Waals surface area contributed by atoms with Crippen molar-refractivity contribution in [2.45, 2.75) is 31.6 Å². The minimum Gasteiger partial charge on any atom is -0.528 e. The maximum absolute atomic E-state index is 10.5. The van der Waals surface area contributed by atoms with Crippen molar-refractivity contribution in [3.8, 4) is 5.75 Å². The first-order chi connectivity index (χ1) is 13.5. The number of halogens is 2. The van der Waals surface area contributed by atoms with Crippen molar-refractivity contribution in [3.63, 3.8) is 0 Å². The van der Waals surface area contributed by atoms with Crippen molar-refractivity contribution in [1.29, 1.82) is 0 Å². The fourth-order valence-electron chi connectivity index (χ4n) is 3.30. The second-order valence-electron chi connectivity index (χ2n) is 7.12. The molecule has 1 amide bonds. The van der Waals surface area contributed by atoms with E-state index in [-0.39, 0.29) is 25.1 Å². The number of rotatable bonds is 8. The third-order valence-electron chi connectivity index (χ3n) is 5.00. The Morgan fingerprint density at radius 2 is 1.90 bits per heavy atom. The van der Waals surface area contributed by atoms with Crippen molar-refractivity contribution in [2.75, 3.05) is 19.6 Å². The molecular formula is C21H23BrClN2O3V-. The number of piperidine rings is 1. The van der Waals surface area contributed by atoms with Gasteiger partial charge in [0.1, 0.15) is 12.4 Å². The average molecular weight is 518 g/mol. The molecule has 1 fully saturated rings. The predicted molar refractivity (Wildman–Crippen MR) is 113 cm³/mol. The van der Waals surface area contributed by atoms with E-state index in [1.807, 2.05) is 36.4 Å². The van der Waals surface area contributed by atoms with Gasteiger partial charge in [-0.3, -0.25) is 4.90 Å². The van der Waals surface area contributed by atoms with Crippen molar-refractivity contribution < 1.29 is 33.2 Å². The zero-order valence-corrected chi connectivity index (χ0v) is 19.6. The molecule has 29 heavy (non-hydrogen) atoms. The Bertz CT molecular complexity index is 799. The third-order valence-corrected chi connectivity index (χ3v) is 5.75. The quantitative estimate of drug-likeness (QED) is 0.415. The van der Waals surface area contributed by atoms with Crippen molar-refractivity contribution in [3.05, 3.63) is 63.1 Å². The summed E-state index contributed by atoms with van der Waals surface area (Å²) in [7, 11) is 0. The summed E-state index contributed by atoms with van der Waals surface area (Å²) in [6.07, 6.45) is 2.85. The molecule has 0 bridgehead atoms. The summed E-state index contributed by atoms with van der Waals surface area (Å²) in [6.45, 7) is 2.95. The van der Waals surface area contributed by atoms with Crippen LogP contribution in [0.1, 0.15) is 24.0 Å². The fraction of sp³-hybridized carbons (Fsp3) is 0.381. The van der Waals surface area contributed by atoms with E-state index in [1.54, 1.807) is 6.41 Å². The Labute approximate surface area is 196 Å². The third kappa shape index (κ3) is 7.32. The average Bonchev–Trinajstić information content (AvgIpc) is 2.69. The molecule has 2 N–H and O–H groups in total. The van der Waals surface area contributed by atoms with Crippen molar-refractivity contribution in [1.82, 2.24) is 10.2 Å². The second kappa shape index (κ2) is 11.4. The number of nitrogens with one attached hydrogen (secondary N) is 1. The van der Waals surface area contributed by atoms with Gasteiger partial charge in [0, 0.05) is 59.8 Å². The van der Waals surface area contributed by atoms with Gasteiger partial charge in [-0.15, -0.1) is 0 Å². The van der Waals surface area contributed by atoms with Crippen LogP contribution in [-0.4, -0.2) is 41.7 Å². The molecule has 3 rings (SSSR count). The van der Waals surface area contributed by atoms with Crippen molar-refractivity contribution in [2.24, 2.45) is 0 Å². The van der Waals surface area contributed by atoms with E-state index < -0.39 is 5.60 Å². The van der Waals surface area contributed by atoms with Gasteiger partial charge in [-0.25, -0.2) is 0 Å². The van der Waals surface area contributed by atoms with Gasteiger partial charge < -0.3 is 20.0 Å². The SMILES string of the molecule is O=[C-]NCC1(O)CCN(Cc2cc(Br)ccc2OCc2ccc(Cl)cc2)CC1.[V]. The molecule has 0 aliphatic carbocycles. The minimum absolute atomic E-state index is 0. The van der Waals surface area contributed by atoms with Gasteiger partial charge in [0.15, 0.2) is 0 Å². The number of hydrogen-bond acceptors (Lipinski definition) is 4. The number of carbonyl (C=O) groups excluding carboxylic acids is 1. The molecule has 0 unspecified atom stereocenters. The van der Waals surface area contributed by atoms with Crippen LogP contribution >= 0.6 is 27.5 Å². The zero-order chi connectivity index (χ0) is 20.0. The fourth-order valence-corrected chi connectivity index (χ4v) is 3.83. The van der Waals surface area contributed by atoms with E-state index >= 15 is 0 Å². The van der Waals surface area contributed by atoms with E-state index in [9.17, 15) is 9.90 Å². The molecule has 8 heteroatoms. The first-order valence-electron chi connectivity index (χ1n) is 9.18. The molecule has 1 aliphatic rings. The molecule has 1 aliphatic heterocycles. The van der Waals surface area contributed by atoms with Crippen LogP contribution in [0, 0.1) is 0 Å². The largest absolute Gasteiger partial charge is 0.528 e. The molecule has 0 atom stereocenters. The van der Waals surface area contributed by atoms with Crippen LogP contribution in [0.15, 0.2) is 46.9 Å². The van der Waals surface area contributed by atoms with Crippen LogP contribution < -0.4 is 10.1 Å². The van der Waals surface area contributed by atoms with Gasteiger partial charge in [0.25, 0.3) is 0 Å². The second-order valence-corrected chi connectivity index (χ2v) is 8.48. The predicted octanol–water partition coefficient (Wildman–Crippen LogP) is 3.66. The van der Waals surface area contributed by atoms with E-state index in [0.29, 0.717) is 24.5 Å².